The number of nitrogen functional groups attached to an aromatic ring is 1. The number of nitrogens with one attached hydrogen (secondary N) is 3. The van der Waals surface area contributed by atoms with Crippen molar-refractivity contribution in [3.8, 4) is 0 Å². The predicted octanol–water partition coefficient (Wildman–Crippen LogP) is -2.73. The summed E-state index contributed by atoms with van der Waals surface area (Å²) < 4.78 is 0. The zero-order chi connectivity index (χ0) is 13.3. The fourth-order valence-electron chi connectivity index (χ4n) is 1.78. The van der Waals surface area contributed by atoms with E-state index in [2.05, 4.69) is 20.6 Å². The predicted molar refractivity (Wildman–Crippen MR) is 64.3 cm³/mol. The van der Waals surface area contributed by atoms with E-state index < -0.39 is 30.4 Å². The van der Waals surface area contributed by atoms with E-state index in [0.29, 0.717) is 0 Å². The molecule has 0 aliphatic carbocycles. The molecular weight excluding hydrogens is 242 g/mol. The quantitative estimate of drug-likeness (QED) is 0.307. The highest BCUT2D eigenvalue weighted by molar-refractivity contribution is 5.67. The van der Waals surface area contributed by atoms with E-state index in [1.165, 1.54) is 0 Å². The number of aromatic nitrogens is 2. The Morgan fingerprint density at radius 1 is 1.50 bits per heavy atom. The Labute approximate surface area is 102 Å². The average molecular weight is 257 g/mol. The molecule has 0 saturated carbocycles. The highest BCUT2D eigenvalue weighted by atomic mass is 16.4. The number of fused-ring (bicyclic) bond motifs is 1. The molecule has 0 amide bonds. The van der Waals surface area contributed by atoms with Crippen LogP contribution in [0.1, 0.15) is 0 Å². The van der Waals surface area contributed by atoms with Crippen molar-refractivity contribution >= 4 is 17.5 Å². The Kier molecular flexibility index (Phi) is 3.36. The molecule has 9 nitrogen and oxygen atoms in total. The molecule has 0 saturated heterocycles. The second kappa shape index (κ2) is 4.80. The fraction of sp³-hybridized carbons (Fsp3) is 0.556. The number of hydrogen-bond acceptors (Lipinski definition) is 8. The molecule has 100 valence electrons. The summed E-state index contributed by atoms with van der Waals surface area (Å²) in [5, 5.41) is 33.5. The number of H-pyrrole nitrogens is 1. The molecule has 1 aliphatic rings. The number of aliphatic hydroxyl groups excluding tert-OH is 3. The molecule has 0 bridgehead atoms. The molecule has 3 atom stereocenters. The van der Waals surface area contributed by atoms with Gasteiger partial charge >= 0.3 is 0 Å². The lowest BCUT2D eigenvalue weighted by molar-refractivity contribution is -0.0210. The van der Waals surface area contributed by atoms with E-state index in [9.17, 15) is 15.0 Å². The summed E-state index contributed by atoms with van der Waals surface area (Å²) in [5.41, 5.74) is 5.06. The molecule has 1 aromatic heterocycles. The van der Waals surface area contributed by atoms with Crippen molar-refractivity contribution in [2.24, 2.45) is 0 Å². The molecule has 1 aromatic rings. The Bertz CT molecular complexity index is 490. The summed E-state index contributed by atoms with van der Waals surface area (Å²) in [4.78, 5) is 17.8. The van der Waals surface area contributed by atoms with Crippen LogP contribution in [0.5, 0.6) is 0 Å². The summed E-state index contributed by atoms with van der Waals surface area (Å²) in [7, 11) is 0. The molecule has 2 rings (SSSR count). The van der Waals surface area contributed by atoms with Crippen molar-refractivity contribution in [2.75, 3.05) is 29.5 Å². The van der Waals surface area contributed by atoms with Gasteiger partial charge in [0.1, 0.15) is 17.9 Å². The molecule has 0 spiro atoms. The van der Waals surface area contributed by atoms with Gasteiger partial charge in [0.05, 0.1) is 12.6 Å². The molecule has 0 aromatic carbocycles. The maximum absolute atomic E-state index is 11.6. The third-order valence-corrected chi connectivity index (χ3v) is 2.75. The Morgan fingerprint density at radius 2 is 2.22 bits per heavy atom. The molecule has 2 heterocycles. The molecule has 9 heteroatoms. The first kappa shape index (κ1) is 12.6. The van der Waals surface area contributed by atoms with Crippen molar-refractivity contribution in [1.29, 1.82) is 0 Å². The minimum atomic E-state index is -1.29. The van der Waals surface area contributed by atoms with Crippen LogP contribution in [0, 0.1) is 0 Å². The average Bonchev–Trinajstić information content (AvgIpc) is 2.36. The highest BCUT2D eigenvalue weighted by Crippen LogP contribution is 2.21. The van der Waals surface area contributed by atoms with Gasteiger partial charge in [0, 0.05) is 6.54 Å². The molecule has 1 unspecified atom stereocenters. The van der Waals surface area contributed by atoms with E-state index in [4.69, 9.17) is 10.8 Å². The van der Waals surface area contributed by atoms with Crippen LogP contribution in [0.25, 0.3) is 0 Å². The van der Waals surface area contributed by atoms with Gasteiger partial charge in [-0.05, 0) is 0 Å². The molecule has 8 N–H and O–H groups in total. The first-order valence-corrected chi connectivity index (χ1v) is 5.40. The van der Waals surface area contributed by atoms with Gasteiger partial charge in [0.15, 0.2) is 5.82 Å². The summed E-state index contributed by atoms with van der Waals surface area (Å²) in [6.07, 6.45) is -2.50. The topological polar surface area (TPSA) is 157 Å². The third kappa shape index (κ3) is 2.23. The van der Waals surface area contributed by atoms with Crippen molar-refractivity contribution in [1.82, 2.24) is 9.97 Å². The van der Waals surface area contributed by atoms with E-state index >= 15 is 0 Å². The zero-order valence-electron chi connectivity index (χ0n) is 9.42. The van der Waals surface area contributed by atoms with Crippen molar-refractivity contribution in [2.45, 2.75) is 18.2 Å². The summed E-state index contributed by atoms with van der Waals surface area (Å²) in [5.74, 6) is 0.278. The van der Waals surface area contributed by atoms with Crippen LogP contribution in [0.4, 0.5) is 17.5 Å². The molecule has 18 heavy (non-hydrogen) atoms. The zero-order valence-corrected chi connectivity index (χ0v) is 9.42. The van der Waals surface area contributed by atoms with Crippen LogP contribution in [-0.4, -0.2) is 56.7 Å². The normalized spacial score (nSPS) is 21.4. The van der Waals surface area contributed by atoms with Crippen LogP contribution >= 0.6 is 0 Å². The molecule has 0 fully saturated rings. The van der Waals surface area contributed by atoms with Crippen LogP contribution in [0.15, 0.2) is 4.79 Å². The smallest absolute Gasteiger partial charge is 0.277 e. The van der Waals surface area contributed by atoms with Gasteiger partial charge in [-0.15, -0.1) is 0 Å². The fourth-order valence-corrected chi connectivity index (χ4v) is 1.78. The molecular formula is C9H15N5O4. The van der Waals surface area contributed by atoms with Gasteiger partial charge in [-0.25, -0.2) is 0 Å². The van der Waals surface area contributed by atoms with Gasteiger partial charge in [-0.3, -0.25) is 9.78 Å². The van der Waals surface area contributed by atoms with Gasteiger partial charge in [0.25, 0.3) is 5.56 Å². The number of rotatable bonds is 3. The van der Waals surface area contributed by atoms with Crippen molar-refractivity contribution in [3.63, 3.8) is 0 Å². The lowest BCUT2D eigenvalue weighted by atomic mass is 10.0. The number of anilines is 3. The number of nitrogens with zero attached hydrogens (tertiary/aromatic N) is 1. The largest absolute Gasteiger partial charge is 0.394 e. The molecule has 0 radical (unpaired) electrons. The minimum absolute atomic E-state index is 0.0116. The Balaban J connectivity index is 2.22. The second-order valence-electron chi connectivity index (χ2n) is 4.05. The Hall–Kier alpha value is -1.84. The first-order chi connectivity index (χ1) is 8.52. The lowest BCUT2D eigenvalue weighted by Crippen LogP contribution is -2.50. The minimum Gasteiger partial charge on any atom is -0.394 e. The molecule has 1 aliphatic heterocycles. The maximum Gasteiger partial charge on any atom is 0.277 e. The lowest BCUT2D eigenvalue weighted by Gasteiger charge is -2.31. The summed E-state index contributed by atoms with van der Waals surface area (Å²) in [6, 6.07) is -0.619. The van der Waals surface area contributed by atoms with Crippen LogP contribution in [0.3, 0.4) is 0 Å². The van der Waals surface area contributed by atoms with E-state index in [0.717, 1.165) is 0 Å². The van der Waals surface area contributed by atoms with Gasteiger partial charge in [-0.2, -0.15) is 4.98 Å². The number of hydrogen-bond donors (Lipinski definition) is 7. The standard InChI is InChI=1S/C9H15N5O4/c10-9-13-7-5(8(18)14-9)12-3(1-11-7)6(17)4(16)2-15/h3-4,6,12,15-17H,1-2H2,(H4,10,11,13,14,18)/t3?,4-,6-/m1/s1. The van der Waals surface area contributed by atoms with Crippen molar-refractivity contribution < 1.29 is 15.3 Å². The number of aliphatic hydroxyl groups is 3. The number of aromatic amines is 1. The van der Waals surface area contributed by atoms with E-state index in [-0.39, 0.29) is 24.0 Å². The summed E-state index contributed by atoms with van der Waals surface area (Å²) >= 11 is 0. The van der Waals surface area contributed by atoms with E-state index in [1.54, 1.807) is 0 Å². The van der Waals surface area contributed by atoms with Crippen LogP contribution in [0.2, 0.25) is 0 Å². The first-order valence-electron chi connectivity index (χ1n) is 5.40. The summed E-state index contributed by atoms with van der Waals surface area (Å²) in [6.45, 7) is -0.330. The van der Waals surface area contributed by atoms with Crippen LogP contribution in [-0.2, 0) is 0 Å². The monoisotopic (exact) mass is 257 g/mol. The van der Waals surface area contributed by atoms with Crippen molar-refractivity contribution in [3.05, 3.63) is 10.4 Å². The van der Waals surface area contributed by atoms with Gasteiger partial charge in [-0.1, -0.05) is 0 Å². The second-order valence-corrected chi connectivity index (χ2v) is 4.05. The van der Waals surface area contributed by atoms with Gasteiger partial charge in [0.2, 0.25) is 5.95 Å². The van der Waals surface area contributed by atoms with Crippen LogP contribution < -0.4 is 21.9 Å². The third-order valence-electron chi connectivity index (χ3n) is 2.75. The number of nitrogens with two attached hydrogens (primary N) is 1. The van der Waals surface area contributed by atoms with Gasteiger partial charge < -0.3 is 31.7 Å². The highest BCUT2D eigenvalue weighted by Gasteiger charge is 2.30. The van der Waals surface area contributed by atoms with E-state index in [1.807, 2.05) is 0 Å². The SMILES string of the molecule is Nc1nc2c(c(=O)[nH]1)NC([C@@H](O)[C@H](O)CO)CN2. The maximum atomic E-state index is 11.6. The Morgan fingerprint density at radius 3 is 2.89 bits per heavy atom.